The van der Waals surface area contributed by atoms with Crippen molar-refractivity contribution >= 4 is 27.5 Å². The second kappa shape index (κ2) is 7.61. The normalized spacial score (nSPS) is 9.83. The third-order valence-electron chi connectivity index (χ3n) is 2.86. The minimum Gasteiger partial charge on any atom is -0.493 e. The first-order valence-electron chi connectivity index (χ1n) is 6.49. The summed E-state index contributed by atoms with van der Waals surface area (Å²) < 4.78 is 24.7. The van der Waals surface area contributed by atoms with Crippen LogP contribution < -0.4 is 14.8 Å². The lowest BCUT2D eigenvalue weighted by Gasteiger charge is -2.11. The molecule has 0 aliphatic carbocycles. The molecular weight excluding hydrogens is 367 g/mol. The molecule has 0 atom stereocenters. The van der Waals surface area contributed by atoms with Gasteiger partial charge in [0.05, 0.1) is 24.4 Å². The summed E-state index contributed by atoms with van der Waals surface area (Å²) in [6.45, 7) is -0.322. The van der Waals surface area contributed by atoms with Gasteiger partial charge in [-0.1, -0.05) is 15.9 Å². The fraction of sp³-hybridized carbons (Fsp3) is 0.125. The van der Waals surface area contributed by atoms with Crippen molar-refractivity contribution in [2.24, 2.45) is 0 Å². The molecule has 0 radical (unpaired) electrons. The van der Waals surface area contributed by atoms with Gasteiger partial charge < -0.3 is 14.8 Å². The van der Waals surface area contributed by atoms with Gasteiger partial charge in [0, 0.05) is 10.5 Å². The fourth-order valence-corrected chi connectivity index (χ4v) is 2.11. The second-order valence-electron chi connectivity index (χ2n) is 4.44. The van der Waals surface area contributed by atoms with Crippen molar-refractivity contribution in [3.63, 3.8) is 0 Å². The SMILES string of the molecule is COc1cc(C#N)ccc1OCC(=O)Nc1ccc(Br)cc1F. The van der Waals surface area contributed by atoms with Crippen molar-refractivity contribution in [2.45, 2.75) is 0 Å². The number of benzene rings is 2. The molecule has 0 bridgehead atoms. The zero-order valence-corrected chi connectivity index (χ0v) is 13.7. The van der Waals surface area contributed by atoms with Crippen LogP contribution in [0.3, 0.4) is 0 Å². The van der Waals surface area contributed by atoms with Crippen LogP contribution in [0.25, 0.3) is 0 Å². The zero-order chi connectivity index (χ0) is 16.8. The highest BCUT2D eigenvalue weighted by Gasteiger charge is 2.11. The van der Waals surface area contributed by atoms with Crippen LogP contribution in [0.1, 0.15) is 5.56 Å². The second-order valence-corrected chi connectivity index (χ2v) is 5.35. The lowest BCUT2D eigenvalue weighted by Crippen LogP contribution is -2.21. The Morgan fingerprint density at radius 2 is 2.09 bits per heavy atom. The van der Waals surface area contributed by atoms with Crippen molar-refractivity contribution in [1.29, 1.82) is 5.26 Å². The van der Waals surface area contributed by atoms with E-state index in [-0.39, 0.29) is 12.3 Å². The molecule has 0 aliphatic heterocycles. The van der Waals surface area contributed by atoms with Crippen molar-refractivity contribution in [2.75, 3.05) is 19.0 Å². The van der Waals surface area contributed by atoms with Crippen LogP contribution in [-0.4, -0.2) is 19.6 Å². The first-order valence-corrected chi connectivity index (χ1v) is 7.28. The summed E-state index contributed by atoms with van der Waals surface area (Å²) in [5.41, 5.74) is 0.476. The van der Waals surface area contributed by atoms with Crippen LogP contribution in [0.2, 0.25) is 0 Å². The number of hydrogen-bond donors (Lipinski definition) is 1. The summed E-state index contributed by atoms with van der Waals surface area (Å²) >= 11 is 3.14. The molecule has 0 spiro atoms. The maximum absolute atomic E-state index is 13.6. The quantitative estimate of drug-likeness (QED) is 0.864. The van der Waals surface area contributed by atoms with E-state index in [0.717, 1.165) is 0 Å². The minimum atomic E-state index is -0.552. The number of hydrogen-bond acceptors (Lipinski definition) is 4. The van der Waals surface area contributed by atoms with Gasteiger partial charge >= 0.3 is 0 Å². The number of carbonyl (C=O) groups excluding carboxylic acids is 1. The van der Waals surface area contributed by atoms with E-state index in [2.05, 4.69) is 21.2 Å². The van der Waals surface area contributed by atoms with Crippen LogP contribution >= 0.6 is 15.9 Å². The smallest absolute Gasteiger partial charge is 0.262 e. The molecule has 0 aromatic heterocycles. The van der Waals surface area contributed by atoms with E-state index in [1.807, 2.05) is 6.07 Å². The highest BCUT2D eigenvalue weighted by atomic mass is 79.9. The van der Waals surface area contributed by atoms with E-state index < -0.39 is 11.7 Å². The number of rotatable bonds is 5. The molecule has 0 saturated carbocycles. The van der Waals surface area contributed by atoms with Crippen LogP contribution in [-0.2, 0) is 4.79 Å². The summed E-state index contributed by atoms with van der Waals surface area (Å²) in [5.74, 6) is -0.411. The number of anilines is 1. The van der Waals surface area contributed by atoms with Gasteiger partial charge in [-0.25, -0.2) is 4.39 Å². The standard InChI is InChI=1S/C16H12BrFN2O3/c1-22-15-6-10(8-19)2-5-14(15)23-9-16(21)20-13-4-3-11(17)7-12(13)18/h2-7H,9H2,1H3,(H,20,21). The van der Waals surface area contributed by atoms with E-state index >= 15 is 0 Å². The summed E-state index contributed by atoms with van der Waals surface area (Å²) in [5, 5.41) is 11.2. The lowest BCUT2D eigenvalue weighted by molar-refractivity contribution is -0.118. The van der Waals surface area contributed by atoms with Crippen molar-refractivity contribution in [3.05, 3.63) is 52.3 Å². The zero-order valence-electron chi connectivity index (χ0n) is 12.1. The Kier molecular flexibility index (Phi) is 5.55. The van der Waals surface area contributed by atoms with Gasteiger partial charge in [0.2, 0.25) is 0 Å². The average Bonchev–Trinajstić information content (AvgIpc) is 2.55. The minimum absolute atomic E-state index is 0.0635. The maximum Gasteiger partial charge on any atom is 0.262 e. The Bertz CT molecular complexity index is 774. The fourth-order valence-electron chi connectivity index (χ4n) is 1.78. The van der Waals surface area contributed by atoms with Crippen molar-refractivity contribution in [1.82, 2.24) is 0 Å². The molecule has 0 aliphatic rings. The number of ether oxygens (including phenoxy) is 2. The Morgan fingerprint density at radius 3 is 2.74 bits per heavy atom. The molecule has 5 nitrogen and oxygen atoms in total. The van der Waals surface area contributed by atoms with Gasteiger partial charge in [0.1, 0.15) is 5.82 Å². The molecule has 1 N–H and O–H groups in total. The molecular formula is C16H12BrFN2O3. The Morgan fingerprint density at radius 1 is 1.30 bits per heavy atom. The van der Waals surface area contributed by atoms with Gasteiger partial charge in [0.15, 0.2) is 18.1 Å². The Balaban J connectivity index is 2.00. The largest absolute Gasteiger partial charge is 0.493 e. The summed E-state index contributed by atoms with van der Waals surface area (Å²) in [7, 11) is 1.43. The van der Waals surface area contributed by atoms with Crippen LogP contribution in [0.4, 0.5) is 10.1 Å². The van der Waals surface area contributed by atoms with Crippen molar-refractivity contribution < 1.29 is 18.7 Å². The van der Waals surface area contributed by atoms with Crippen LogP contribution in [0, 0.1) is 17.1 Å². The highest BCUT2D eigenvalue weighted by Crippen LogP contribution is 2.27. The first kappa shape index (κ1) is 16.8. The molecule has 2 aromatic carbocycles. The molecule has 0 saturated heterocycles. The number of nitrogens with one attached hydrogen (secondary N) is 1. The molecule has 7 heteroatoms. The molecule has 23 heavy (non-hydrogen) atoms. The molecule has 2 rings (SSSR count). The molecule has 0 unspecified atom stereocenters. The predicted octanol–water partition coefficient (Wildman–Crippen LogP) is 3.49. The number of nitriles is 1. The van der Waals surface area contributed by atoms with Gasteiger partial charge in [-0.05, 0) is 30.3 Å². The third kappa shape index (κ3) is 4.44. The summed E-state index contributed by atoms with van der Waals surface area (Å²) in [4.78, 5) is 11.8. The summed E-state index contributed by atoms with van der Waals surface area (Å²) in [6.07, 6.45) is 0. The average molecular weight is 379 g/mol. The first-order chi connectivity index (χ1) is 11.0. The van der Waals surface area contributed by atoms with E-state index in [1.54, 1.807) is 12.1 Å². The molecule has 0 heterocycles. The van der Waals surface area contributed by atoms with Crippen LogP contribution in [0.15, 0.2) is 40.9 Å². The van der Waals surface area contributed by atoms with Gasteiger partial charge in [-0.3, -0.25) is 4.79 Å². The molecule has 1 amide bonds. The number of amides is 1. The Labute approximate surface area is 140 Å². The molecule has 0 fully saturated rings. The maximum atomic E-state index is 13.6. The molecule has 2 aromatic rings. The van der Waals surface area contributed by atoms with E-state index in [4.69, 9.17) is 14.7 Å². The van der Waals surface area contributed by atoms with E-state index in [1.165, 1.54) is 31.4 Å². The third-order valence-corrected chi connectivity index (χ3v) is 3.35. The van der Waals surface area contributed by atoms with Gasteiger partial charge in [-0.15, -0.1) is 0 Å². The number of halogens is 2. The number of carbonyl (C=O) groups is 1. The number of nitrogens with zero attached hydrogens (tertiary/aromatic N) is 1. The molecule has 118 valence electrons. The Hall–Kier alpha value is -2.59. The number of methoxy groups -OCH3 is 1. The van der Waals surface area contributed by atoms with E-state index in [0.29, 0.717) is 21.5 Å². The van der Waals surface area contributed by atoms with Crippen molar-refractivity contribution in [3.8, 4) is 17.6 Å². The van der Waals surface area contributed by atoms with Crippen LogP contribution in [0.5, 0.6) is 11.5 Å². The monoisotopic (exact) mass is 378 g/mol. The van der Waals surface area contributed by atoms with Gasteiger partial charge in [-0.2, -0.15) is 5.26 Å². The lowest BCUT2D eigenvalue weighted by atomic mass is 10.2. The summed E-state index contributed by atoms with van der Waals surface area (Å²) in [6, 6.07) is 10.9. The van der Waals surface area contributed by atoms with E-state index in [9.17, 15) is 9.18 Å². The predicted molar refractivity (Wildman–Crippen MR) is 85.9 cm³/mol. The topological polar surface area (TPSA) is 71.3 Å². The van der Waals surface area contributed by atoms with Gasteiger partial charge in [0.25, 0.3) is 5.91 Å². The highest BCUT2D eigenvalue weighted by molar-refractivity contribution is 9.10.